The van der Waals surface area contributed by atoms with Crippen LogP contribution in [0.25, 0.3) is 5.65 Å². The van der Waals surface area contributed by atoms with Gasteiger partial charge in [-0.15, -0.1) is 0 Å². The van der Waals surface area contributed by atoms with Crippen molar-refractivity contribution < 1.29 is 14.5 Å². The molecule has 2 fully saturated rings. The minimum absolute atomic E-state index is 0.0192. The monoisotopic (exact) mass is 344 g/mol. The normalized spacial score (nSPS) is 27.0. The molecule has 2 aromatic heterocycles. The molecule has 0 radical (unpaired) electrons. The first-order valence-corrected chi connectivity index (χ1v) is 9.46. The van der Waals surface area contributed by atoms with Crippen molar-refractivity contribution in [2.75, 3.05) is 39.3 Å². The summed E-state index contributed by atoms with van der Waals surface area (Å²) in [7, 11) is 0. The van der Waals surface area contributed by atoms with Gasteiger partial charge in [-0.1, -0.05) is 6.07 Å². The van der Waals surface area contributed by atoms with Crippen molar-refractivity contribution >= 4 is 5.65 Å². The van der Waals surface area contributed by atoms with Gasteiger partial charge < -0.3 is 14.5 Å². The molecule has 134 valence electrons. The molecule has 2 aliphatic heterocycles. The molecule has 4 heterocycles. The number of aryl methyl sites for hydroxylation is 1. The molecule has 4 rings (SSSR count). The SMILES string of the molecule is Cc1cccn2c(=O)cc(C[NH+]3CC[NH+](C[C@H]4CCCO4)CC3)nc12. The van der Waals surface area contributed by atoms with Crippen LogP contribution in [0.15, 0.2) is 29.2 Å². The highest BCUT2D eigenvalue weighted by atomic mass is 16.5. The van der Waals surface area contributed by atoms with Gasteiger partial charge in [0, 0.05) is 18.9 Å². The fourth-order valence-corrected chi connectivity index (χ4v) is 4.12. The van der Waals surface area contributed by atoms with Crippen molar-refractivity contribution in [3.05, 3.63) is 46.0 Å². The summed E-state index contributed by atoms with van der Waals surface area (Å²) in [6.07, 6.45) is 4.71. The second-order valence-corrected chi connectivity index (χ2v) is 7.49. The van der Waals surface area contributed by atoms with Gasteiger partial charge in [-0.3, -0.25) is 9.20 Å². The van der Waals surface area contributed by atoms with E-state index in [1.54, 1.807) is 21.6 Å². The predicted octanol–water partition coefficient (Wildman–Crippen LogP) is -1.53. The van der Waals surface area contributed by atoms with Crippen LogP contribution in [-0.2, 0) is 11.3 Å². The van der Waals surface area contributed by atoms with Gasteiger partial charge in [0.25, 0.3) is 5.56 Å². The summed E-state index contributed by atoms with van der Waals surface area (Å²) in [5, 5.41) is 0. The zero-order valence-electron chi connectivity index (χ0n) is 15.0. The summed E-state index contributed by atoms with van der Waals surface area (Å²) < 4.78 is 7.41. The molecule has 0 bridgehead atoms. The molecule has 2 N–H and O–H groups in total. The van der Waals surface area contributed by atoms with Crippen molar-refractivity contribution in [3.63, 3.8) is 0 Å². The van der Waals surface area contributed by atoms with Crippen LogP contribution >= 0.6 is 0 Å². The van der Waals surface area contributed by atoms with E-state index in [0.29, 0.717) is 6.10 Å². The first-order valence-electron chi connectivity index (χ1n) is 9.46. The molecule has 25 heavy (non-hydrogen) atoms. The molecule has 2 aromatic rings. The predicted molar refractivity (Wildman–Crippen MR) is 95.1 cm³/mol. The Morgan fingerprint density at radius 2 is 2.08 bits per heavy atom. The molecule has 0 aliphatic carbocycles. The van der Waals surface area contributed by atoms with Gasteiger partial charge >= 0.3 is 0 Å². The van der Waals surface area contributed by atoms with E-state index >= 15 is 0 Å². The Kier molecular flexibility index (Phi) is 4.83. The quantitative estimate of drug-likeness (QED) is 0.707. The third-order valence-corrected chi connectivity index (χ3v) is 5.57. The van der Waals surface area contributed by atoms with E-state index in [1.807, 2.05) is 19.1 Å². The highest BCUT2D eigenvalue weighted by Crippen LogP contribution is 2.09. The number of fused-ring (bicyclic) bond motifs is 1. The van der Waals surface area contributed by atoms with Crippen molar-refractivity contribution in [2.45, 2.75) is 32.4 Å². The molecule has 0 saturated carbocycles. The molecule has 2 aliphatic rings. The Bertz CT molecular complexity index is 790. The minimum atomic E-state index is 0.0192. The average Bonchev–Trinajstić information content (AvgIpc) is 3.11. The lowest BCUT2D eigenvalue weighted by atomic mass is 10.2. The maximum atomic E-state index is 12.3. The number of nitrogens with one attached hydrogen (secondary N) is 2. The molecule has 6 heteroatoms. The number of quaternary nitrogens is 2. The first-order chi connectivity index (χ1) is 12.2. The molecule has 1 atom stereocenters. The molecular formula is C19H28N4O2+2. The lowest BCUT2D eigenvalue weighted by Gasteiger charge is -2.30. The molecule has 0 amide bonds. The lowest BCUT2D eigenvalue weighted by Crippen LogP contribution is -3.28. The summed E-state index contributed by atoms with van der Waals surface area (Å²) in [5.74, 6) is 0. The van der Waals surface area contributed by atoms with Crippen LogP contribution in [0, 0.1) is 6.92 Å². The first kappa shape index (κ1) is 16.7. The van der Waals surface area contributed by atoms with Crippen molar-refractivity contribution in [1.29, 1.82) is 0 Å². The summed E-state index contributed by atoms with van der Waals surface area (Å²) in [6, 6.07) is 5.60. The van der Waals surface area contributed by atoms with Gasteiger partial charge in [0.15, 0.2) is 0 Å². The van der Waals surface area contributed by atoms with E-state index in [-0.39, 0.29) is 5.56 Å². The van der Waals surface area contributed by atoms with Crippen LogP contribution in [-0.4, -0.2) is 54.8 Å². The third kappa shape index (κ3) is 3.76. The number of aromatic nitrogens is 2. The standard InChI is InChI=1S/C19H26N4O2/c1-15-4-2-6-23-18(24)12-16(20-19(15)23)13-21-7-9-22(10-8-21)14-17-5-3-11-25-17/h2,4,6,12,17H,3,5,7-11,13-14H2,1H3/p+2/t17-/m1/s1. The van der Waals surface area contributed by atoms with Gasteiger partial charge in [-0.2, -0.15) is 0 Å². The molecule has 2 saturated heterocycles. The van der Waals surface area contributed by atoms with Gasteiger partial charge in [0.1, 0.15) is 56.7 Å². The summed E-state index contributed by atoms with van der Waals surface area (Å²) in [4.78, 5) is 20.3. The van der Waals surface area contributed by atoms with E-state index in [1.165, 1.54) is 30.8 Å². The average molecular weight is 344 g/mol. The molecule has 6 nitrogen and oxygen atoms in total. The Morgan fingerprint density at radius 1 is 1.28 bits per heavy atom. The molecule has 0 unspecified atom stereocenters. The van der Waals surface area contributed by atoms with E-state index < -0.39 is 0 Å². The van der Waals surface area contributed by atoms with E-state index in [0.717, 1.165) is 49.7 Å². The van der Waals surface area contributed by atoms with E-state index in [4.69, 9.17) is 9.72 Å². The van der Waals surface area contributed by atoms with Crippen molar-refractivity contribution in [2.24, 2.45) is 0 Å². The third-order valence-electron chi connectivity index (χ3n) is 5.57. The Morgan fingerprint density at radius 3 is 2.84 bits per heavy atom. The maximum Gasteiger partial charge on any atom is 0.258 e. The fraction of sp³-hybridized carbons (Fsp3) is 0.579. The number of piperazine rings is 1. The molecule has 0 spiro atoms. The number of pyridine rings is 1. The minimum Gasteiger partial charge on any atom is -0.372 e. The van der Waals surface area contributed by atoms with Gasteiger partial charge in [-0.25, -0.2) is 4.98 Å². The van der Waals surface area contributed by atoms with Crippen LogP contribution < -0.4 is 15.4 Å². The maximum absolute atomic E-state index is 12.3. The largest absolute Gasteiger partial charge is 0.372 e. The van der Waals surface area contributed by atoms with Crippen LogP contribution in [0.5, 0.6) is 0 Å². The highest BCUT2D eigenvalue weighted by Gasteiger charge is 2.27. The number of ether oxygens (including phenoxy) is 1. The second-order valence-electron chi connectivity index (χ2n) is 7.49. The van der Waals surface area contributed by atoms with E-state index in [2.05, 4.69) is 0 Å². The summed E-state index contributed by atoms with van der Waals surface area (Å²) in [5.41, 5.74) is 2.76. The van der Waals surface area contributed by atoms with Crippen molar-refractivity contribution in [1.82, 2.24) is 9.38 Å². The zero-order valence-corrected chi connectivity index (χ0v) is 15.0. The number of rotatable bonds is 4. The molecule has 0 aromatic carbocycles. The summed E-state index contributed by atoms with van der Waals surface area (Å²) >= 11 is 0. The second kappa shape index (κ2) is 7.23. The Balaban J connectivity index is 1.39. The van der Waals surface area contributed by atoms with Gasteiger partial charge in [0.2, 0.25) is 0 Å². The number of hydrogen-bond acceptors (Lipinski definition) is 3. The van der Waals surface area contributed by atoms with E-state index in [9.17, 15) is 4.79 Å². The lowest BCUT2D eigenvalue weighted by molar-refractivity contribution is -1.02. The van der Waals surface area contributed by atoms with Crippen LogP contribution in [0.1, 0.15) is 24.1 Å². The van der Waals surface area contributed by atoms with Crippen LogP contribution in [0.2, 0.25) is 0 Å². The van der Waals surface area contributed by atoms with Gasteiger partial charge in [0.05, 0.1) is 0 Å². The Labute approximate surface area is 148 Å². The fourth-order valence-electron chi connectivity index (χ4n) is 4.12. The van der Waals surface area contributed by atoms with Crippen LogP contribution in [0.4, 0.5) is 0 Å². The van der Waals surface area contributed by atoms with Crippen molar-refractivity contribution in [3.8, 4) is 0 Å². The smallest absolute Gasteiger partial charge is 0.258 e. The zero-order chi connectivity index (χ0) is 17.2. The topological polar surface area (TPSA) is 52.5 Å². The number of hydrogen-bond donors (Lipinski definition) is 2. The molecular weight excluding hydrogens is 316 g/mol. The highest BCUT2D eigenvalue weighted by molar-refractivity contribution is 5.46. The Hall–Kier alpha value is -1.76. The van der Waals surface area contributed by atoms with Crippen LogP contribution in [0.3, 0.4) is 0 Å². The van der Waals surface area contributed by atoms with Gasteiger partial charge in [-0.05, 0) is 31.4 Å². The summed E-state index contributed by atoms with van der Waals surface area (Å²) in [6.45, 7) is 9.58. The number of nitrogens with zero attached hydrogens (tertiary/aromatic N) is 2.